The number of aromatic amines is 2. The normalized spacial score (nSPS) is 11.2. The van der Waals surface area contributed by atoms with Crippen molar-refractivity contribution in [3.05, 3.63) is 43.6 Å². The first kappa shape index (κ1) is 10.9. The molecule has 2 aromatic heterocycles. The molecule has 0 aliphatic rings. The number of H-pyrrole nitrogens is 2. The Morgan fingerprint density at radius 1 is 1.11 bits per heavy atom. The van der Waals surface area contributed by atoms with E-state index in [-0.39, 0.29) is 11.2 Å². The molecule has 90 valence electrons. The van der Waals surface area contributed by atoms with Crippen LogP contribution in [-0.4, -0.2) is 19.9 Å². The van der Waals surface area contributed by atoms with Crippen LogP contribution in [0.25, 0.3) is 22.2 Å². The average molecular weight is 263 g/mol. The molecule has 2 N–H and O–H groups in total. The van der Waals surface area contributed by atoms with E-state index in [2.05, 4.69) is 19.9 Å². The van der Waals surface area contributed by atoms with Crippen LogP contribution in [0.5, 0.6) is 0 Å². The van der Waals surface area contributed by atoms with E-state index in [1.807, 2.05) is 6.92 Å². The summed E-state index contributed by atoms with van der Waals surface area (Å²) in [7, 11) is 0. The van der Waals surface area contributed by atoms with Gasteiger partial charge in [0, 0.05) is 5.02 Å². The Hall–Kier alpha value is -2.21. The minimum absolute atomic E-state index is 0.0852. The molecule has 3 rings (SSSR count). The summed E-state index contributed by atoms with van der Waals surface area (Å²) in [5.41, 5.74) is 1.01. The summed E-state index contributed by atoms with van der Waals surface area (Å²) in [5, 5.41) is 0.553. The molecule has 2 heterocycles. The number of rotatable bonds is 0. The largest absolute Gasteiger partial charge is 0.327 e. The molecule has 3 aromatic rings. The second-order valence-corrected chi connectivity index (χ2v) is 4.33. The van der Waals surface area contributed by atoms with Gasteiger partial charge in [-0.05, 0) is 24.6 Å². The Bertz CT molecular complexity index is 897. The SMILES string of the molecule is Cc1cc2nc3[nH]c(=O)[nH]c(=O)c3nc2cc1Cl. The van der Waals surface area contributed by atoms with Gasteiger partial charge in [0.2, 0.25) is 0 Å². The van der Waals surface area contributed by atoms with E-state index in [4.69, 9.17) is 11.6 Å². The summed E-state index contributed by atoms with van der Waals surface area (Å²) in [5.74, 6) is 0. The Morgan fingerprint density at radius 3 is 2.61 bits per heavy atom. The molecule has 7 heteroatoms. The number of aromatic nitrogens is 4. The van der Waals surface area contributed by atoms with Crippen molar-refractivity contribution in [2.45, 2.75) is 6.92 Å². The lowest BCUT2D eigenvalue weighted by atomic mass is 10.2. The van der Waals surface area contributed by atoms with Crippen molar-refractivity contribution in [2.24, 2.45) is 0 Å². The molecule has 1 aromatic carbocycles. The standard InChI is InChI=1S/C11H7ClN4O2/c1-4-2-6-7(3-5(4)12)13-8-9(14-6)15-11(18)16-10(8)17/h2-3H,1H3,(H2,14,15,16,17,18). The molecular formula is C11H7ClN4O2. The fourth-order valence-corrected chi connectivity index (χ4v) is 1.89. The molecule has 0 bridgehead atoms. The van der Waals surface area contributed by atoms with Crippen molar-refractivity contribution in [2.75, 3.05) is 0 Å². The molecule has 0 amide bonds. The zero-order valence-electron chi connectivity index (χ0n) is 9.24. The predicted octanol–water partition coefficient (Wildman–Crippen LogP) is 1.12. The van der Waals surface area contributed by atoms with E-state index in [1.165, 1.54) is 0 Å². The van der Waals surface area contributed by atoms with Gasteiger partial charge in [-0.2, -0.15) is 0 Å². The Kier molecular flexibility index (Phi) is 2.21. The maximum Gasteiger partial charge on any atom is 0.327 e. The van der Waals surface area contributed by atoms with Crippen LogP contribution >= 0.6 is 11.6 Å². The number of benzene rings is 1. The highest BCUT2D eigenvalue weighted by Crippen LogP contribution is 2.21. The number of fused-ring (bicyclic) bond motifs is 2. The van der Waals surface area contributed by atoms with Crippen molar-refractivity contribution < 1.29 is 0 Å². The van der Waals surface area contributed by atoms with E-state index in [0.717, 1.165) is 5.56 Å². The number of hydrogen-bond acceptors (Lipinski definition) is 4. The van der Waals surface area contributed by atoms with E-state index >= 15 is 0 Å². The highest BCUT2D eigenvalue weighted by atomic mass is 35.5. The summed E-state index contributed by atoms with van der Waals surface area (Å²) in [4.78, 5) is 35.7. The van der Waals surface area contributed by atoms with E-state index in [1.54, 1.807) is 12.1 Å². The maximum atomic E-state index is 11.6. The topological polar surface area (TPSA) is 91.5 Å². The Morgan fingerprint density at radius 2 is 1.83 bits per heavy atom. The summed E-state index contributed by atoms with van der Waals surface area (Å²) in [6.07, 6.45) is 0. The lowest BCUT2D eigenvalue weighted by molar-refractivity contribution is 1.05. The third-order valence-corrected chi connectivity index (χ3v) is 3.03. The van der Waals surface area contributed by atoms with Crippen molar-refractivity contribution in [1.82, 2.24) is 19.9 Å². The van der Waals surface area contributed by atoms with Gasteiger partial charge in [0.05, 0.1) is 11.0 Å². The van der Waals surface area contributed by atoms with Gasteiger partial charge in [0.25, 0.3) is 5.56 Å². The van der Waals surface area contributed by atoms with Crippen molar-refractivity contribution in [3.63, 3.8) is 0 Å². The quantitative estimate of drug-likeness (QED) is 0.594. The highest BCUT2D eigenvalue weighted by Gasteiger charge is 2.08. The lowest BCUT2D eigenvalue weighted by Gasteiger charge is -2.02. The van der Waals surface area contributed by atoms with E-state index < -0.39 is 11.2 Å². The van der Waals surface area contributed by atoms with Gasteiger partial charge < -0.3 is 0 Å². The monoisotopic (exact) mass is 262 g/mol. The highest BCUT2D eigenvalue weighted by molar-refractivity contribution is 6.32. The van der Waals surface area contributed by atoms with Gasteiger partial charge in [0.15, 0.2) is 11.2 Å². The van der Waals surface area contributed by atoms with Crippen LogP contribution < -0.4 is 11.2 Å². The molecule has 0 atom stereocenters. The Labute approximate surface area is 105 Å². The molecule has 0 spiro atoms. The molecule has 0 radical (unpaired) electrons. The fraction of sp³-hybridized carbons (Fsp3) is 0.0909. The van der Waals surface area contributed by atoms with Crippen LogP contribution in [-0.2, 0) is 0 Å². The molecular weight excluding hydrogens is 256 g/mol. The van der Waals surface area contributed by atoms with Crippen molar-refractivity contribution in [3.8, 4) is 0 Å². The van der Waals surface area contributed by atoms with Crippen LogP contribution in [0.3, 0.4) is 0 Å². The molecule has 0 aliphatic heterocycles. The fourth-order valence-electron chi connectivity index (χ4n) is 1.73. The molecule has 0 unspecified atom stereocenters. The summed E-state index contributed by atoms with van der Waals surface area (Å²) in [6.45, 7) is 1.84. The van der Waals surface area contributed by atoms with E-state index in [0.29, 0.717) is 16.1 Å². The van der Waals surface area contributed by atoms with Gasteiger partial charge in [-0.1, -0.05) is 11.6 Å². The third kappa shape index (κ3) is 1.58. The Balaban J connectivity index is 2.55. The first-order valence-electron chi connectivity index (χ1n) is 5.15. The summed E-state index contributed by atoms with van der Waals surface area (Å²) < 4.78 is 0. The van der Waals surface area contributed by atoms with Gasteiger partial charge in [-0.25, -0.2) is 14.8 Å². The minimum Gasteiger partial charge on any atom is -0.290 e. The lowest BCUT2D eigenvalue weighted by Crippen LogP contribution is -2.23. The molecule has 18 heavy (non-hydrogen) atoms. The zero-order chi connectivity index (χ0) is 12.9. The molecule has 6 nitrogen and oxygen atoms in total. The van der Waals surface area contributed by atoms with Crippen LogP contribution in [0.1, 0.15) is 5.56 Å². The van der Waals surface area contributed by atoms with Gasteiger partial charge >= 0.3 is 5.69 Å². The predicted molar refractivity (Wildman–Crippen MR) is 68.0 cm³/mol. The third-order valence-electron chi connectivity index (χ3n) is 2.62. The molecule has 0 fully saturated rings. The van der Waals surface area contributed by atoms with Gasteiger partial charge in [0.1, 0.15) is 0 Å². The second-order valence-electron chi connectivity index (χ2n) is 3.92. The van der Waals surface area contributed by atoms with Crippen LogP contribution in [0.15, 0.2) is 21.7 Å². The van der Waals surface area contributed by atoms with E-state index in [9.17, 15) is 9.59 Å². The van der Waals surface area contributed by atoms with Crippen LogP contribution in [0.2, 0.25) is 5.02 Å². The smallest absolute Gasteiger partial charge is 0.290 e. The molecule has 0 saturated carbocycles. The van der Waals surface area contributed by atoms with Crippen LogP contribution in [0, 0.1) is 6.92 Å². The number of nitrogens with one attached hydrogen (secondary N) is 2. The number of halogens is 1. The van der Waals surface area contributed by atoms with Crippen molar-refractivity contribution in [1.29, 1.82) is 0 Å². The molecule has 0 aliphatic carbocycles. The number of aryl methyl sites for hydroxylation is 1. The van der Waals surface area contributed by atoms with Gasteiger partial charge in [-0.3, -0.25) is 14.8 Å². The maximum absolute atomic E-state index is 11.6. The first-order valence-corrected chi connectivity index (χ1v) is 5.52. The zero-order valence-corrected chi connectivity index (χ0v) is 10.00. The molecule has 0 saturated heterocycles. The van der Waals surface area contributed by atoms with Crippen LogP contribution in [0.4, 0.5) is 0 Å². The first-order chi connectivity index (χ1) is 8.54. The van der Waals surface area contributed by atoms with Gasteiger partial charge in [-0.15, -0.1) is 0 Å². The second kappa shape index (κ2) is 3.64. The number of hydrogen-bond donors (Lipinski definition) is 2. The average Bonchev–Trinajstić information content (AvgIpc) is 2.29. The summed E-state index contributed by atoms with van der Waals surface area (Å²) >= 11 is 5.99. The summed E-state index contributed by atoms with van der Waals surface area (Å²) in [6, 6.07) is 3.40. The minimum atomic E-state index is -0.605. The van der Waals surface area contributed by atoms with Crippen molar-refractivity contribution >= 4 is 33.8 Å². The number of nitrogens with zero attached hydrogens (tertiary/aromatic N) is 2.